The van der Waals surface area contributed by atoms with E-state index in [2.05, 4.69) is 5.32 Å². The number of rotatable bonds is 6. The van der Waals surface area contributed by atoms with Gasteiger partial charge in [-0.25, -0.2) is 8.78 Å². The third-order valence-corrected chi connectivity index (χ3v) is 2.74. The van der Waals surface area contributed by atoms with Gasteiger partial charge in [-0.3, -0.25) is 10.1 Å². The summed E-state index contributed by atoms with van der Waals surface area (Å²) in [5.41, 5.74) is -0.677. The van der Waals surface area contributed by atoms with Gasteiger partial charge in [0.05, 0.1) is 4.92 Å². The average molecular weight is 312 g/mol. The molecule has 0 radical (unpaired) electrons. The third kappa shape index (κ3) is 3.66. The standard InChI is InChI=1S/C14H11F3N2O3/c15-9-4-5-13(11(17)8-9)22-7-6-18-12-3-1-2-10(16)14(12)19(20)21/h1-5,8,18H,6-7H2. The number of anilines is 1. The molecule has 8 heteroatoms. The first kappa shape index (κ1) is 15.6. The lowest BCUT2D eigenvalue weighted by Gasteiger charge is -2.09. The van der Waals surface area contributed by atoms with Gasteiger partial charge >= 0.3 is 5.69 Å². The van der Waals surface area contributed by atoms with E-state index < -0.39 is 28.1 Å². The number of nitro groups is 1. The van der Waals surface area contributed by atoms with Gasteiger partial charge in [-0.15, -0.1) is 0 Å². The zero-order valence-corrected chi connectivity index (χ0v) is 11.2. The summed E-state index contributed by atoms with van der Waals surface area (Å²) < 4.78 is 44.5. The summed E-state index contributed by atoms with van der Waals surface area (Å²) in [5.74, 6) is -2.67. The minimum atomic E-state index is -0.958. The van der Waals surface area contributed by atoms with E-state index in [9.17, 15) is 23.3 Å². The monoisotopic (exact) mass is 312 g/mol. The fourth-order valence-electron chi connectivity index (χ4n) is 1.78. The second kappa shape index (κ2) is 6.79. The SMILES string of the molecule is O=[N+]([O-])c1c(F)cccc1NCCOc1ccc(F)cc1F. The van der Waals surface area contributed by atoms with E-state index in [4.69, 9.17) is 4.74 Å². The van der Waals surface area contributed by atoms with Crippen molar-refractivity contribution in [1.82, 2.24) is 0 Å². The molecule has 5 nitrogen and oxygen atoms in total. The maximum Gasteiger partial charge on any atom is 0.327 e. The molecule has 0 spiro atoms. The van der Waals surface area contributed by atoms with E-state index in [-0.39, 0.29) is 24.6 Å². The molecule has 2 aromatic carbocycles. The molecule has 2 aromatic rings. The van der Waals surface area contributed by atoms with Crippen molar-refractivity contribution in [1.29, 1.82) is 0 Å². The van der Waals surface area contributed by atoms with Crippen LogP contribution in [0.15, 0.2) is 36.4 Å². The molecule has 0 aliphatic heterocycles. The molecular weight excluding hydrogens is 301 g/mol. The van der Waals surface area contributed by atoms with Crippen molar-refractivity contribution >= 4 is 11.4 Å². The Bertz CT molecular complexity index is 695. The number of nitro benzene ring substituents is 1. The van der Waals surface area contributed by atoms with Crippen molar-refractivity contribution in [3.05, 3.63) is 64.0 Å². The Balaban J connectivity index is 1.95. The summed E-state index contributed by atoms with van der Waals surface area (Å²) in [6, 6.07) is 6.51. The first-order chi connectivity index (χ1) is 10.5. The van der Waals surface area contributed by atoms with Crippen molar-refractivity contribution < 1.29 is 22.8 Å². The van der Waals surface area contributed by atoms with E-state index in [1.54, 1.807) is 0 Å². The van der Waals surface area contributed by atoms with Gasteiger partial charge in [0.25, 0.3) is 0 Å². The number of nitrogens with one attached hydrogen (secondary N) is 1. The smallest absolute Gasteiger partial charge is 0.327 e. The van der Waals surface area contributed by atoms with E-state index in [0.29, 0.717) is 6.07 Å². The number of halogens is 3. The Kier molecular flexibility index (Phi) is 4.82. The zero-order chi connectivity index (χ0) is 16.1. The van der Waals surface area contributed by atoms with Gasteiger partial charge in [0.2, 0.25) is 5.82 Å². The lowest BCUT2D eigenvalue weighted by atomic mass is 10.2. The first-order valence-corrected chi connectivity index (χ1v) is 6.23. The highest BCUT2D eigenvalue weighted by atomic mass is 19.1. The Morgan fingerprint density at radius 1 is 1.14 bits per heavy atom. The molecule has 0 atom stereocenters. The number of hydrogen-bond acceptors (Lipinski definition) is 4. The lowest BCUT2D eigenvalue weighted by Crippen LogP contribution is -2.13. The number of nitrogens with zero attached hydrogens (tertiary/aromatic N) is 1. The van der Waals surface area contributed by atoms with Crippen LogP contribution in [0.3, 0.4) is 0 Å². The van der Waals surface area contributed by atoms with Crippen molar-refractivity contribution in [2.75, 3.05) is 18.5 Å². The zero-order valence-electron chi connectivity index (χ0n) is 11.2. The molecule has 116 valence electrons. The maximum absolute atomic E-state index is 13.4. The van der Waals surface area contributed by atoms with Crippen LogP contribution in [0.2, 0.25) is 0 Å². The Morgan fingerprint density at radius 3 is 2.59 bits per heavy atom. The van der Waals surface area contributed by atoms with Crippen molar-refractivity contribution in [2.24, 2.45) is 0 Å². The number of ether oxygens (including phenoxy) is 1. The molecule has 0 aliphatic carbocycles. The molecule has 0 saturated heterocycles. The van der Waals surface area contributed by atoms with Gasteiger partial charge in [-0.1, -0.05) is 6.07 Å². The van der Waals surface area contributed by atoms with Gasteiger partial charge in [-0.05, 0) is 24.3 Å². The Hall–Kier alpha value is -2.77. The van der Waals surface area contributed by atoms with Crippen LogP contribution in [0.1, 0.15) is 0 Å². The summed E-state index contributed by atoms with van der Waals surface area (Å²) in [6.45, 7) is 0.0251. The Labute approximate surface area is 123 Å². The number of para-hydroxylation sites is 1. The molecule has 0 unspecified atom stereocenters. The molecule has 0 fully saturated rings. The summed E-state index contributed by atoms with van der Waals surface area (Å²) in [7, 11) is 0. The van der Waals surface area contributed by atoms with Crippen LogP contribution >= 0.6 is 0 Å². The highest BCUT2D eigenvalue weighted by molar-refractivity contribution is 5.61. The first-order valence-electron chi connectivity index (χ1n) is 6.23. The summed E-state index contributed by atoms with van der Waals surface area (Å²) in [6.07, 6.45) is 0. The van der Waals surface area contributed by atoms with Crippen molar-refractivity contribution in [3.63, 3.8) is 0 Å². The fourth-order valence-corrected chi connectivity index (χ4v) is 1.78. The van der Waals surface area contributed by atoms with Crippen LogP contribution < -0.4 is 10.1 Å². The highest BCUT2D eigenvalue weighted by Gasteiger charge is 2.19. The molecule has 2 rings (SSSR count). The number of benzene rings is 2. The van der Waals surface area contributed by atoms with E-state index in [1.165, 1.54) is 12.1 Å². The lowest BCUT2D eigenvalue weighted by molar-refractivity contribution is -0.386. The maximum atomic E-state index is 13.4. The second-order valence-corrected chi connectivity index (χ2v) is 4.24. The largest absolute Gasteiger partial charge is 0.489 e. The van der Waals surface area contributed by atoms with Gasteiger partial charge < -0.3 is 10.1 Å². The summed E-state index contributed by atoms with van der Waals surface area (Å²) in [4.78, 5) is 9.95. The van der Waals surface area contributed by atoms with Gasteiger partial charge in [0, 0.05) is 12.6 Å². The molecule has 22 heavy (non-hydrogen) atoms. The summed E-state index contributed by atoms with van der Waals surface area (Å²) >= 11 is 0. The average Bonchev–Trinajstić information content (AvgIpc) is 2.45. The van der Waals surface area contributed by atoms with E-state index in [0.717, 1.165) is 18.2 Å². The van der Waals surface area contributed by atoms with Gasteiger partial charge in [-0.2, -0.15) is 4.39 Å². The Morgan fingerprint density at radius 2 is 1.91 bits per heavy atom. The minimum Gasteiger partial charge on any atom is -0.489 e. The number of hydrogen-bond donors (Lipinski definition) is 1. The van der Waals surface area contributed by atoms with E-state index >= 15 is 0 Å². The topological polar surface area (TPSA) is 64.4 Å². The van der Waals surface area contributed by atoms with Gasteiger partial charge in [0.15, 0.2) is 11.6 Å². The molecule has 0 amide bonds. The minimum absolute atomic E-state index is 0.00632. The highest BCUT2D eigenvalue weighted by Crippen LogP contribution is 2.27. The molecule has 0 bridgehead atoms. The molecule has 1 N–H and O–H groups in total. The van der Waals surface area contributed by atoms with Crippen LogP contribution in [-0.2, 0) is 0 Å². The summed E-state index contributed by atoms with van der Waals surface area (Å²) in [5, 5.41) is 13.4. The molecule has 0 saturated carbocycles. The van der Waals surface area contributed by atoms with Crippen LogP contribution in [0, 0.1) is 27.6 Å². The quantitative estimate of drug-likeness (QED) is 0.504. The van der Waals surface area contributed by atoms with Crippen LogP contribution in [0.25, 0.3) is 0 Å². The second-order valence-electron chi connectivity index (χ2n) is 4.24. The van der Waals surface area contributed by atoms with Crippen molar-refractivity contribution in [2.45, 2.75) is 0 Å². The predicted molar refractivity (Wildman–Crippen MR) is 73.4 cm³/mol. The normalized spacial score (nSPS) is 10.3. The molecule has 0 aliphatic rings. The van der Waals surface area contributed by atoms with E-state index in [1.807, 2.05) is 0 Å². The molecule has 0 heterocycles. The van der Waals surface area contributed by atoms with Crippen molar-refractivity contribution in [3.8, 4) is 5.75 Å². The fraction of sp³-hybridized carbons (Fsp3) is 0.143. The third-order valence-electron chi connectivity index (χ3n) is 2.74. The van der Waals surface area contributed by atoms with Crippen LogP contribution in [0.4, 0.5) is 24.5 Å². The van der Waals surface area contributed by atoms with Crippen LogP contribution in [-0.4, -0.2) is 18.1 Å². The molecule has 0 aromatic heterocycles. The van der Waals surface area contributed by atoms with Crippen LogP contribution in [0.5, 0.6) is 5.75 Å². The predicted octanol–water partition coefficient (Wildman–Crippen LogP) is 3.50. The van der Waals surface area contributed by atoms with Gasteiger partial charge in [0.1, 0.15) is 18.1 Å². The molecular formula is C14H11F3N2O3.